The van der Waals surface area contributed by atoms with Crippen LogP contribution in [-0.4, -0.2) is 0 Å². The lowest BCUT2D eigenvalue weighted by Crippen LogP contribution is -2.25. The normalized spacial score (nSPS) is 25.9. The van der Waals surface area contributed by atoms with Gasteiger partial charge in [0.15, 0.2) is 0 Å². The van der Waals surface area contributed by atoms with Crippen molar-refractivity contribution in [3.63, 3.8) is 0 Å². The highest BCUT2D eigenvalue weighted by molar-refractivity contribution is 5.15. The fourth-order valence-corrected chi connectivity index (χ4v) is 3.28. The molecule has 1 aromatic rings. The van der Waals surface area contributed by atoms with Crippen LogP contribution in [0.15, 0.2) is 30.3 Å². The Morgan fingerprint density at radius 2 is 1.75 bits per heavy atom. The van der Waals surface area contributed by atoms with Crippen molar-refractivity contribution in [1.29, 1.82) is 0 Å². The van der Waals surface area contributed by atoms with E-state index >= 15 is 0 Å². The Bertz CT molecular complexity index is 299. The molecule has 0 saturated heterocycles. The molecule has 1 aliphatic carbocycles. The third kappa shape index (κ3) is 2.87. The van der Waals surface area contributed by atoms with E-state index in [0.29, 0.717) is 0 Å². The monoisotopic (exact) mass is 216 g/mol. The third-order valence-corrected chi connectivity index (χ3v) is 4.16. The number of hydrogen-bond acceptors (Lipinski definition) is 0. The van der Waals surface area contributed by atoms with Gasteiger partial charge in [0, 0.05) is 0 Å². The molecule has 0 N–H and O–H groups in total. The lowest BCUT2D eigenvalue weighted by Gasteiger charge is -2.34. The van der Waals surface area contributed by atoms with Crippen LogP contribution in [0, 0.1) is 17.8 Å². The molecule has 0 bridgehead atoms. The summed E-state index contributed by atoms with van der Waals surface area (Å²) in [7, 11) is 0. The van der Waals surface area contributed by atoms with Crippen molar-refractivity contribution in [2.45, 2.75) is 46.0 Å². The summed E-state index contributed by atoms with van der Waals surface area (Å²) in [5.74, 6) is 2.74. The molecule has 0 spiro atoms. The predicted octanol–water partition coefficient (Wildman–Crippen LogP) is 4.69. The Morgan fingerprint density at radius 3 is 2.44 bits per heavy atom. The highest BCUT2D eigenvalue weighted by Crippen LogP contribution is 2.36. The first kappa shape index (κ1) is 11.7. The van der Waals surface area contributed by atoms with Gasteiger partial charge in [-0.25, -0.2) is 0 Å². The van der Waals surface area contributed by atoms with Crippen LogP contribution in [0.5, 0.6) is 0 Å². The standard InChI is InChI=1S/C16H24/c1-13(2)16-11-7-6-10-15(16)12-14-8-4-3-5-9-14/h3-5,8-9,13,15-16H,6-7,10-12H2,1-2H3/t15-,16-/m0/s1. The van der Waals surface area contributed by atoms with Crippen molar-refractivity contribution < 1.29 is 0 Å². The molecule has 1 saturated carbocycles. The van der Waals surface area contributed by atoms with Crippen molar-refractivity contribution in [2.24, 2.45) is 17.8 Å². The van der Waals surface area contributed by atoms with Crippen LogP contribution in [0.2, 0.25) is 0 Å². The van der Waals surface area contributed by atoms with Gasteiger partial charge in [0.2, 0.25) is 0 Å². The van der Waals surface area contributed by atoms with E-state index in [2.05, 4.69) is 44.2 Å². The molecule has 1 fully saturated rings. The maximum absolute atomic E-state index is 2.40. The highest BCUT2D eigenvalue weighted by Gasteiger charge is 2.27. The molecular weight excluding hydrogens is 192 g/mol. The van der Waals surface area contributed by atoms with Crippen molar-refractivity contribution in [1.82, 2.24) is 0 Å². The molecule has 0 radical (unpaired) electrons. The first-order valence-corrected chi connectivity index (χ1v) is 6.81. The molecule has 0 heteroatoms. The van der Waals surface area contributed by atoms with Crippen LogP contribution in [0.3, 0.4) is 0 Å². The second-order valence-electron chi connectivity index (χ2n) is 5.64. The lowest BCUT2D eigenvalue weighted by molar-refractivity contribution is 0.179. The average molecular weight is 216 g/mol. The Labute approximate surface area is 100 Å². The lowest BCUT2D eigenvalue weighted by atomic mass is 9.71. The second kappa shape index (κ2) is 5.52. The maximum atomic E-state index is 2.40. The zero-order valence-electron chi connectivity index (χ0n) is 10.7. The summed E-state index contributed by atoms with van der Waals surface area (Å²) < 4.78 is 0. The Hall–Kier alpha value is -0.780. The summed E-state index contributed by atoms with van der Waals surface area (Å²) in [5, 5.41) is 0. The molecule has 88 valence electrons. The second-order valence-corrected chi connectivity index (χ2v) is 5.64. The summed E-state index contributed by atoms with van der Waals surface area (Å²) >= 11 is 0. The third-order valence-electron chi connectivity index (χ3n) is 4.16. The largest absolute Gasteiger partial charge is 0.0625 e. The molecule has 1 aliphatic rings. The van der Waals surface area contributed by atoms with Crippen molar-refractivity contribution in [2.75, 3.05) is 0 Å². The van der Waals surface area contributed by atoms with Gasteiger partial charge in [-0.1, -0.05) is 57.0 Å². The minimum atomic E-state index is 0.856. The van der Waals surface area contributed by atoms with Gasteiger partial charge in [0.05, 0.1) is 0 Å². The van der Waals surface area contributed by atoms with Gasteiger partial charge in [-0.2, -0.15) is 0 Å². The number of benzene rings is 1. The van der Waals surface area contributed by atoms with E-state index in [1.807, 2.05) is 0 Å². The highest BCUT2D eigenvalue weighted by atomic mass is 14.3. The maximum Gasteiger partial charge on any atom is -0.0248 e. The summed E-state index contributed by atoms with van der Waals surface area (Å²) in [6.45, 7) is 4.79. The van der Waals surface area contributed by atoms with Gasteiger partial charge in [-0.05, 0) is 42.6 Å². The van der Waals surface area contributed by atoms with Crippen molar-refractivity contribution in [3.05, 3.63) is 35.9 Å². The zero-order valence-corrected chi connectivity index (χ0v) is 10.7. The van der Waals surface area contributed by atoms with Gasteiger partial charge in [-0.3, -0.25) is 0 Å². The molecule has 1 aromatic carbocycles. The molecule has 0 aliphatic heterocycles. The topological polar surface area (TPSA) is 0 Å². The Balaban J connectivity index is 2.01. The van der Waals surface area contributed by atoms with E-state index in [0.717, 1.165) is 17.8 Å². The first-order valence-electron chi connectivity index (χ1n) is 6.81. The van der Waals surface area contributed by atoms with E-state index in [-0.39, 0.29) is 0 Å². The molecule has 2 rings (SSSR count). The fraction of sp³-hybridized carbons (Fsp3) is 0.625. The van der Waals surface area contributed by atoms with Gasteiger partial charge in [0.25, 0.3) is 0 Å². The number of rotatable bonds is 3. The van der Waals surface area contributed by atoms with Gasteiger partial charge in [-0.15, -0.1) is 0 Å². The summed E-state index contributed by atoms with van der Waals surface area (Å²) in [5.41, 5.74) is 1.53. The molecule has 16 heavy (non-hydrogen) atoms. The summed E-state index contributed by atoms with van der Waals surface area (Å²) in [6, 6.07) is 11.0. The molecule has 0 nitrogen and oxygen atoms in total. The minimum absolute atomic E-state index is 0.856. The van der Waals surface area contributed by atoms with Crippen LogP contribution >= 0.6 is 0 Å². The molecule has 0 amide bonds. The van der Waals surface area contributed by atoms with Crippen LogP contribution in [0.25, 0.3) is 0 Å². The SMILES string of the molecule is CC(C)[C@@H]1CCCC[C@H]1Cc1ccccc1. The van der Waals surface area contributed by atoms with Crippen molar-refractivity contribution >= 4 is 0 Å². The van der Waals surface area contributed by atoms with Crippen LogP contribution < -0.4 is 0 Å². The van der Waals surface area contributed by atoms with Gasteiger partial charge < -0.3 is 0 Å². The first-order chi connectivity index (χ1) is 7.77. The summed E-state index contributed by atoms with van der Waals surface area (Å²) in [6.07, 6.45) is 7.09. The predicted molar refractivity (Wildman–Crippen MR) is 70.4 cm³/mol. The Kier molecular flexibility index (Phi) is 4.04. The molecule has 2 atom stereocenters. The van der Waals surface area contributed by atoms with Crippen LogP contribution in [0.1, 0.15) is 45.1 Å². The molecule has 0 aromatic heterocycles. The summed E-state index contributed by atoms with van der Waals surface area (Å²) in [4.78, 5) is 0. The molecule has 0 heterocycles. The molecule has 0 unspecified atom stereocenters. The van der Waals surface area contributed by atoms with E-state index < -0.39 is 0 Å². The average Bonchev–Trinajstić information content (AvgIpc) is 2.31. The number of hydrogen-bond donors (Lipinski definition) is 0. The smallest absolute Gasteiger partial charge is 0.0248 e. The minimum Gasteiger partial charge on any atom is -0.0625 e. The van der Waals surface area contributed by atoms with Gasteiger partial charge >= 0.3 is 0 Å². The van der Waals surface area contributed by atoms with Crippen LogP contribution in [0.4, 0.5) is 0 Å². The zero-order chi connectivity index (χ0) is 11.4. The van der Waals surface area contributed by atoms with Crippen molar-refractivity contribution in [3.8, 4) is 0 Å². The van der Waals surface area contributed by atoms with Crippen LogP contribution in [-0.2, 0) is 6.42 Å². The molecular formula is C16H24. The quantitative estimate of drug-likeness (QED) is 0.687. The van der Waals surface area contributed by atoms with Gasteiger partial charge in [0.1, 0.15) is 0 Å². The van der Waals surface area contributed by atoms with E-state index in [1.54, 1.807) is 0 Å². The van der Waals surface area contributed by atoms with E-state index in [9.17, 15) is 0 Å². The van der Waals surface area contributed by atoms with E-state index in [4.69, 9.17) is 0 Å². The van der Waals surface area contributed by atoms with E-state index in [1.165, 1.54) is 37.7 Å². The Morgan fingerprint density at radius 1 is 1.06 bits per heavy atom. The fourth-order valence-electron chi connectivity index (χ4n) is 3.28.